The van der Waals surface area contributed by atoms with E-state index in [-0.39, 0.29) is 0 Å². The minimum Gasteiger partial charge on any atom is -0.292 e. The molecule has 0 saturated heterocycles. The van der Waals surface area contributed by atoms with Gasteiger partial charge >= 0.3 is 0 Å². The van der Waals surface area contributed by atoms with Crippen molar-refractivity contribution in [3.05, 3.63) is 303 Å². The van der Waals surface area contributed by atoms with Gasteiger partial charge in [-0.2, -0.15) is 0 Å². The highest BCUT2D eigenvalue weighted by Crippen LogP contribution is 2.47. The Morgan fingerprint density at radius 3 is 0.976 bits per heavy atom. The molecule has 0 aliphatic rings. The third kappa shape index (κ3) is 8.07. The van der Waals surface area contributed by atoms with E-state index in [2.05, 4.69) is 312 Å². The standard InChI is InChI=1S/C78H50N4/c1-5-19-55(20-6-1)77-79-71-49-61(39-43-73(71)81(77)65-25-9-3-10-26-65)54-31-29-53(30-32-54)59-37-41-67-69(47-59)75(63-35-33-51-17-13-15-23-57(51)45-63)68-42-38-60(48-70(68)76(67)64-36-34-52-18-14-16-24-58(52)46-64)62-40-44-74-72(50-62)80-78(56-21-7-2-8-22-56)82(74)66-27-11-4-12-28-66/h1-50H. The van der Waals surface area contributed by atoms with E-state index in [1.807, 2.05) is 0 Å². The van der Waals surface area contributed by atoms with Crippen molar-refractivity contribution in [3.8, 4) is 89.8 Å². The number of fused-ring (bicyclic) bond motifs is 6. The molecule has 2 heterocycles. The Labute approximate surface area is 474 Å². The second kappa shape index (κ2) is 19.5. The molecule has 0 aliphatic carbocycles. The summed E-state index contributed by atoms with van der Waals surface area (Å²) < 4.78 is 4.55. The van der Waals surface area contributed by atoms with Crippen LogP contribution in [0.2, 0.25) is 0 Å². The molecule has 14 aromatic carbocycles. The molecule has 82 heavy (non-hydrogen) atoms. The molecule has 0 aliphatic heterocycles. The van der Waals surface area contributed by atoms with E-state index in [1.54, 1.807) is 0 Å². The number of rotatable bonds is 9. The zero-order valence-electron chi connectivity index (χ0n) is 44.7. The lowest BCUT2D eigenvalue weighted by atomic mass is 9.83. The SMILES string of the molecule is c1ccc(-c2nc3cc(-c4ccc(-c5ccc6c(-c7ccc8ccccc8c7)c7cc(-c8ccc9c(c8)nc(-c8ccccc8)n9-c8ccccc8)ccc7c(-c7ccc8ccccc8c7)c6c5)cc4)ccc3n2-c2ccccc2)cc1. The number of aromatic nitrogens is 4. The quantitative estimate of drug-likeness (QED) is 0.135. The first-order chi connectivity index (χ1) is 40.6. The molecule has 16 rings (SSSR count). The van der Waals surface area contributed by atoms with E-state index in [0.717, 1.165) is 89.6 Å². The predicted molar refractivity (Wildman–Crippen MR) is 344 cm³/mol. The molecular weight excluding hydrogens is 993 g/mol. The van der Waals surface area contributed by atoms with Crippen molar-refractivity contribution in [1.82, 2.24) is 19.1 Å². The second-order valence-electron chi connectivity index (χ2n) is 21.3. The van der Waals surface area contributed by atoms with E-state index in [1.165, 1.54) is 65.3 Å². The lowest BCUT2D eigenvalue weighted by Crippen LogP contribution is -1.97. The Morgan fingerprint density at radius 1 is 0.207 bits per heavy atom. The lowest BCUT2D eigenvalue weighted by Gasteiger charge is -2.20. The molecule has 382 valence electrons. The van der Waals surface area contributed by atoms with Crippen LogP contribution in [-0.2, 0) is 0 Å². The van der Waals surface area contributed by atoms with Gasteiger partial charge in [0.2, 0.25) is 0 Å². The van der Waals surface area contributed by atoms with Crippen molar-refractivity contribution in [2.75, 3.05) is 0 Å². The highest BCUT2D eigenvalue weighted by molar-refractivity contribution is 6.23. The van der Waals surface area contributed by atoms with Crippen molar-refractivity contribution in [2.45, 2.75) is 0 Å². The van der Waals surface area contributed by atoms with Crippen molar-refractivity contribution >= 4 is 65.2 Å². The molecule has 4 heteroatoms. The van der Waals surface area contributed by atoms with Gasteiger partial charge in [0.25, 0.3) is 0 Å². The molecule has 16 aromatic rings. The Hall–Kier alpha value is -10.9. The summed E-state index contributed by atoms with van der Waals surface area (Å²) >= 11 is 0. The summed E-state index contributed by atoms with van der Waals surface area (Å²) in [6, 6.07) is 110. The average molecular weight is 1040 g/mol. The van der Waals surface area contributed by atoms with Gasteiger partial charge in [0, 0.05) is 22.5 Å². The van der Waals surface area contributed by atoms with Gasteiger partial charge in [-0.15, -0.1) is 0 Å². The summed E-state index contributed by atoms with van der Waals surface area (Å²) in [6.07, 6.45) is 0. The smallest absolute Gasteiger partial charge is 0.145 e. The van der Waals surface area contributed by atoms with Crippen LogP contribution < -0.4 is 0 Å². The van der Waals surface area contributed by atoms with E-state index < -0.39 is 0 Å². The minimum absolute atomic E-state index is 0.917. The molecule has 0 amide bonds. The molecule has 2 aromatic heterocycles. The van der Waals surface area contributed by atoms with Gasteiger partial charge in [0.15, 0.2) is 0 Å². The minimum atomic E-state index is 0.917. The first-order valence-corrected chi connectivity index (χ1v) is 28.0. The zero-order valence-corrected chi connectivity index (χ0v) is 44.7. The second-order valence-corrected chi connectivity index (χ2v) is 21.3. The van der Waals surface area contributed by atoms with Crippen LogP contribution in [0.25, 0.3) is 155 Å². The van der Waals surface area contributed by atoms with Gasteiger partial charge in [-0.1, -0.05) is 231 Å². The predicted octanol–water partition coefficient (Wildman–Crippen LogP) is 20.6. The van der Waals surface area contributed by atoms with Crippen LogP contribution in [0.1, 0.15) is 0 Å². The molecule has 0 radical (unpaired) electrons. The molecule has 0 atom stereocenters. The summed E-state index contributed by atoms with van der Waals surface area (Å²) in [4.78, 5) is 10.6. The summed E-state index contributed by atoms with van der Waals surface area (Å²) in [5, 5.41) is 9.66. The fourth-order valence-corrected chi connectivity index (χ4v) is 12.5. The van der Waals surface area contributed by atoms with Crippen molar-refractivity contribution in [3.63, 3.8) is 0 Å². The molecule has 0 N–H and O–H groups in total. The number of nitrogens with zero attached hydrogens (tertiary/aromatic N) is 4. The van der Waals surface area contributed by atoms with Crippen LogP contribution in [0.3, 0.4) is 0 Å². The Balaban J connectivity index is 0.868. The summed E-state index contributed by atoms with van der Waals surface area (Å²) in [5.74, 6) is 1.84. The summed E-state index contributed by atoms with van der Waals surface area (Å²) in [7, 11) is 0. The number of para-hydroxylation sites is 2. The number of hydrogen-bond donors (Lipinski definition) is 0. The molecule has 0 unspecified atom stereocenters. The van der Waals surface area contributed by atoms with Crippen LogP contribution in [-0.4, -0.2) is 19.1 Å². The normalized spacial score (nSPS) is 11.7. The molecule has 4 nitrogen and oxygen atoms in total. The van der Waals surface area contributed by atoms with Crippen LogP contribution >= 0.6 is 0 Å². The van der Waals surface area contributed by atoms with Gasteiger partial charge < -0.3 is 0 Å². The van der Waals surface area contributed by atoms with Gasteiger partial charge in [-0.25, -0.2) is 9.97 Å². The molecule has 0 spiro atoms. The van der Waals surface area contributed by atoms with Gasteiger partial charge in [-0.05, 0) is 172 Å². The van der Waals surface area contributed by atoms with Gasteiger partial charge in [0.05, 0.1) is 22.1 Å². The van der Waals surface area contributed by atoms with E-state index in [9.17, 15) is 0 Å². The third-order valence-corrected chi connectivity index (χ3v) is 16.5. The van der Waals surface area contributed by atoms with Crippen LogP contribution in [0, 0.1) is 0 Å². The van der Waals surface area contributed by atoms with Crippen molar-refractivity contribution in [1.29, 1.82) is 0 Å². The highest BCUT2D eigenvalue weighted by Gasteiger charge is 2.22. The average Bonchev–Trinajstić information content (AvgIpc) is 3.18. The maximum absolute atomic E-state index is 5.37. The fraction of sp³-hybridized carbons (Fsp3) is 0. The monoisotopic (exact) mass is 1040 g/mol. The van der Waals surface area contributed by atoms with Crippen LogP contribution in [0.15, 0.2) is 303 Å². The largest absolute Gasteiger partial charge is 0.292 e. The van der Waals surface area contributed by atoms with Gasteiger partial charge in [0.1, 0.15) is 11.6 Å². The molecular formula is C78H50N4. The van der Waals surface area contributed by atoms with E-state index in [4.69, 9.17) is 9.97 Å². The third-order valence-electron chi connectivity index (χ3n) is 16.5. The number of hydrogen-bond acceptors (Lipinski definition) is 2. The first kappa shape index (κ1) is 47.1. The maximum atomic E-state index is 5.37. The fourth-order valence-electron chi connectivity index (χ4n) is 12.5. The van der Waals surface area contributed by atoms with Crippen LogP contribution in [0.5, 0.6) is 0 Å². The van der Waals surface area contributed by atoms with Crippen LogP contribution in [0.4, 0.5) is 0 Å². The van der Waals surface area contributed by atoms with Crippen molar-refractivity contribution in [2.24, 2.45) is 0 Å². The Bertz CT molecular complexity index is 5120. The van der Waals surface area contributed by atoms with Gasteiger partial charge in [-0.3, -0.25) is 9.13 Å². The Kier molecular flexibility index (Phi) is 11.2. The number of imidazole rings is 2. The topological polar surface area (TPSA) is 35.6 Å². The Morgan fingerprint density at radius 2 is 0.537 bits per heavy atom. The molecule has 0 saturated carbocycles. The molecule has 0 bridgehead atoms. The van der Waals surface area contributed by atoms with E-state index in [0.29, 0.717) is 0 Å². The van der Waals surface area contributed by atoms with Crippen molar-refractivity contribution < 1.29 is 0 Å². The summed E-state index contributed by atoms with van der Waals surface area (Å²) in [5.41, 5.74) is 20.0. The molecule has 0 fully saturated rings. The summed E-state index contributed by atoms with van der Waals surface area (Å²) in [6.45, 7) is 0. The lowest BCUT2D eigenvalue weighted by molar-refractivity contribution is 1.10. The van der Waals surface area contributed by atoms with E-state index >= 15 is 0 Å². The zero-order chi connectivity index (χ0) is 54.1. The first-order valence-electron chi connectivity index (χ1n) is 28.0. The maximum Gasteiger partial charge on any atom is 0.145 e. The number of benzene rings is 14. The highest BCUT2D eigenvalue weighted by atomic mass is 15.1.